The van der Waals surface area contributed by atoms with Gasteiger partial charge in [-0.15, -0.1) is 0 Å². The third kappa shape index (κ3) is 3.48. The summed E-state index contributed by atoms with van der Waals surface area (Å²) in [4.78, 5) is 22.2. The van der Waals surface area contributed by atoms with Gasteiger partial charge in [0.1, 0.15) is 17.0 Å². The van der Waals surface area contributed by atoms with E-state index >= 15 is 0 Å². The molecule has 9 heteroatoms. The Kier molecular flexibility index (Phi) is 5.22. The van der Waals surface area contributed by atoms with E-state index in [2.05, 4.69) is 20.3 Å². The lowest BCUT2D eigenvalue weighted by atomic mass is 10.1. The fraction of sp³-hybridized carbons (Fsp3) is 0.533. The first-order chi connectivity index (χ1) is 11.5. The first-order valence-corrected chi connectivity index (χ1v) is 8.57. The standard InChI is InChI=1S/C15H17Cl2FN4O2/c1-7(8-5-3-2-4-6-19-8)24-14-9-11(10(18)12(16)21-14)20-15(17)22-13(9)23/h7-8,19H,2-6H2,1H3,(H,20,22,23)/t7-,8?/m0/s1. The highest BCUT2D eigenvalue weighted by atomic mass is 35.5. The zero-order valence-electron chi connectivity index (χ0n) is 13.0. The highest BCUT2D eigenvalue weighted by Gasteiger charge is 2.24. The average Bonchev–Trinajstić information content (AvgIpc) is 2.81. The van der Waals surface area contributed by atoms with Crippen LogP contribution < -0.4 is 15.6 Å². The van der Waals surface area contributed by atoms with Crippen LogP contribution in [0.4, 0.5) is 4.39 Å². The molecule has 6 nitrogen and oxygen atoms in total. The van der Waals surface area contributed by atoms with Crippen molar-refractivity contribution >= 4 is 34.1 Å². The van der Waals surface area contributed by atoms with Gasteiger partial charge in [0.05, 0.1) is 0 Å². The predicted molar refractivity (Wildman–Crippen MR) is 90.5 cm³/mol. The predicted octanol–water partition coefficient (Wildman–Crippen LogP) is 3.06. The Hall–Kier alpha value is -1.44. The molecule has 1 aliphatic rings. The van der Waals surface area contributed by atoms with E-state index in [0.717, 1.165) is 25.8 Å². The Morgan fingerprint density at radius 1 is 1.29 bits per heavy atom. The third-order valence-corrected chi connectivity index (χ3v) is 4.59. The molecule has 1 aliphatic heterocycles. The summed E-state index contributed by atoms with van der Waals surface area (Å²) in [5.74, 6) is -0.937. The van der Waals surface area contributed by atoms with Gasteiger partial charge in [-0.3, -0.25) is 9.78 Å². The van der Waals surface area contributed by atoms with Crippen LogP contribution in [-0.2, 0) is 0 Å². The maximum absolute atomic E-state index is 14.1. The number of nitrogens with zero attached hydrogens (tertiary/aromatic N) is 2. The van der Waals surface area contributed by atoms with E-state index in [4.69, 9.17) is 27.9 Å². The van der Waals surface area contributed by atoms with Crippen LogP contribution in [0.15, 0.2) is 4.79 Å². The van der Waals surface area contributed by atoms with Crippen LogP contribution in [0.5, 0.6) is 5.88 Å². The molecule has 130 valence electrons. The maximum Gasteiger partial charge on any atom is 0.265 e. The Bertz CT molecular complexity index is 806. The fourth-order valence-electron chi connectivity index (χ4n) is 2.89. The molecule has 0 radical (unpaired) electrons. The first kappa shape index (κ1) is 17.4. The first-order valence-electron chi connectivity index (χ1n) is 7.82. The van der Waals surface area contributed by atoms with Crippen LogP contribution in [0.2, 0.25) is 10.4 Å². The Morgan fingerprint density at radius 3 is 2.88 bits per heavy atom. The fourth-order valence-corrected chi connectivity index (χ4v) is 3.23. The zero-order valence-corrected chi connectivity index (χ0v) is 14.5. The number of nitrogens with one attached hydrogen (secondary N) is 2. The summed E-state index contributed by atoms with van der Waals surface area (Å²) in [6.07, 6.45) is 4.07. The van der Waals surface area contributed by atoms with E-state index in [1.807, 2.05) is 6.92 Å². The van der Waals surface area contributed by atoms with E-state index < -0.39 is 16.5 Å². The molecule has 24 heavy (non-hydrogen) atoms. The molecule has 3 rings (SSSR count). The summed E-state index contributed by atoms with van der Waals surface area (Å²) in [5.41, 5.74) is -0.871. The number of fused-ring (bicyclic) bond motifs is 1. The largest absolute Gasteiger partial charge is 0.472 e. The minimum Gasteiger partial charge on any atom is -0.472 e. The van der Waals surface area contributed by atoms with Gasteiger partial charge in [0.2, 0.25) is 11.2 Å². The van der Waals surface area contributed by atoms with Crippen molar-refractivity contribution in [3.63, 3.8) is 0 Å². The smallest absolute Gasteiger partial charge is 0.265 e. The van der Waals surface area contributed by atoms with Crippen LogP contribution in [0.3, 0.4) is 0 Å². The summed E-state index contributed by atoms with van der Waals surface area (Å²) < 4.78 is 20.0. The summed E-state index contributed by atoms with van der Waals surface area (Å²) in [5, 5.41) is 2.69. The van der Waals surface area contributed by atoms with Gasteiger partial charge in [0.15, 0.2) is 11.0 Å². The van der Waals surface area contributed by atoms with Crippen LogP contribution in [-0.4, -0.2) is 33.6 Å². The summed E-state index contributed by atoms with van der Waals surface area (Å²) >= 11 is 11.5. The highest BCUT2D eigenvalue weighted by molar-refractivity contribution is 6.30. The summed E-state index contributed by atoms with van der Waals surface area (Å²) in [6, 6.07) is 0.118. The van der Waals surface area contributed by atoms with Crippen molar-refractivity contribution < 1.29 is 9.13 Å². The van der Waals surface area contributed by atoms with E-state index in [-0.39, 0.29) is 34.2 Å². The Balaban J connectivity index is 2.00. The second kappa shape index (κ2) is 7.21. The molecule has 3 heterocycles. The zero-order chi connectivity index (χ0) is 17.3. The molecule has 2 atom stereocenters. The van der Waals surface area contributed by atoms with Crippen LogP contribution in [0.25, 0.3) is 10.9 Å². The lowest BCUT2D eigenvalue weighted by Gasteiger charge is -2.24. The van der Waals surface area contributed by atoms with E-state index in [9.17, 15) is 9.18 Å². The van der Waals surface area contributed by atoms with Crippen molar-refractivity contribution in [2.24, 2.45) is 0 Å². The molecule has 0 amide bonds. The van der Waals surface area contributed by atoms with Crippen molar-refractivity contribution in [3.05, 3.63) is 26.6 Å². The quantitative estimate of drug-likeness (QED) is 0.637. The average molecular weight is 375 g/mol. The minimum atomic E-state index is -0.896. The Morgan fingerprint density at radius 2 is 2.08 bits per heavy atom. The number of hydrogen-bond donors (Lipinski definition) is 2. The number of ether oxygens (including phenoxy) is 1. The van der Waals surface area contributed by atoms with Crippen LogP contribution in [0.1, 0.15) is 32.6 Å². The molecule has 1 fully saturated rings. The van der Waals surface area contributed by atoms with Gasteiger partial charge in [0.25, 0.3) is 5.56 Å². The van der Waals surface area contributed by atoms with Crippen molar-refractivity contribution in [2.45, 2.75) is 44.8 Å². The highest BCUT2D eigenvalue weighted by Crippen LogP contribution is 2.28. The molecule has 1 saturated heterocycles. The molecule has 0 spiro atoms. The van der Waals surface area contributed by atoms with Crippen molar-refractivity contribution in [2.75, 3.05) is 6.54 Å². The third-order valence-electron chi connectivity index (χ3n) is 4.16. The number of H-pyrrole nitrogens is 1. The Labute approximate surface area is 147 Å². The second-order valence-electron chi connectivity index (χ2n) is 5.84. The molecular formula is C15H17Cl2FN4O2. The number of aromatic amines is 1. The second-order valence-corrected chi connectivity index (χ2v) is 6.55. The molecule has 2 N–H and O–H groups in total. The number of halogens is 3. The van der Waals surface area contributed by atoms with Gasteiger partial charge in [-0.05, 0) is 37.9 Å². The van der Waals surface area contributed by atoms with Crippen LogP contribution in [0, 0.1) is 5.82 Å². The van der Waals surface area contributed by atoms with Gasteiger partial charge in [-0.1, -0.05) is 24.4 Å². The summed E-state index contributed by atoms with van der Waals surface area (Å²) in [6.45, 7) is 2.79. The number of hydrogen-bond acceptors (Lipinski definition) is 5. The van der Waals surface area contributed by atoms with Crippen molar-refractivity contribution in [1.82, 2.24) is 20.3 Å². The van der Waals surface area contributed by atoms with Gasteiger partial charge >= 0.3 is 0 Å². The van der Waals surface area contributed by atoms with Crippen molar-refractivity contribution in [3.8, 4) is 5.88 Å². The maximum atomic E-state index is 14.1. The van der Waals surface area contributed by atoms with Gasteiger partial charge in [-0.25, -0.2) is 9.37 Å². The van der Waals surface area contributed by atoms with Gasteiger partial charge in [-0.2, -0.15) is 4.98 Å². The van der Waals surface area contributed by atoms with Gasteiger partial charge < -0.3 is 10.1 Å². The van der Waals surface area contributed by atoms with Gasteiger partial charge in [0, 0.05) is 6.04 Å². The van der Waals surface area contributed by atoms with E-state index in [1.165, 1.54) is 6.42 Å². The number of rotatable bonds is 3. The molecular weight excluding hydrogens is 358 g/mol. The molecule has 2 aromatic heterocycles. The molecule has 0 bridgehead atoms. The number of pyridine rings is 1. The topological polar surface area (TPSA) is 79.9 Å². The molecule has 2 aromatic rings. The molecule has 0 aliphatic carbocycles. The summed E-state index contributed by atoms with van der Waals surface area (Å²) in [7, 11) is 0. The normalized spacial score (nSPS) is 19.9. The minimum absolute atomic E-state index is 0.0413. The lowest BCUT2D eigenvalue weighted by Crippen LogP contribution is -2.41. The van der Waals surface area contributed by atoms with E-state index in [0.29, 0.717) is 0 Å². The molecule has 0 saturated carbocycles. The molecule has 0 aromatic carbocycles. The SMILES string of the molecule is C[C@H](Oc1nc(Cl)c(F)c2nc(Cl)[nH]c(=O)c12)C1CCCCCN1. The monoisotopic (exact) mass is 374 g/mol. The van der Waals surface area contributed by atoms with E-state index in [1.54, 1.807) is 0 Å². The lowest BCUT2D eigenvalue weighted by molar-refractivity contribution is 0.163. The number of aromatic nitrogens is 3. The molecule has 1 unspecified atom stereocenters. The van der Waals surface area contributed by atoms with Crippen molar-refractivity contribution in [1.29, 1.82) is 0 Å². The van der Waals surface area contributed by atoms with Crippen LogP contribution >= 0.6 is 23.2 Å².